The zero-order valence-electron chi connectivity index (χ0n) is 12.3. The van der Waals surface area contributed by atoms with Crippen molar-refractivity contribution in [2.75, 3.05) is 0 Å². The van der Waals surface area contributed by atoms with Gasteiger partial charge in [0.15, 0.2) is 0 Å². The van der Waals surface area contributed by atoms with E-state index in [-0.39, 0.29) is 17.7 Å². The first-order valence-electron chi connectivity index (χ1n) is 7.87. The molecule has 2 saturated heterocycles. The minimum atomic E-state index is -0.166. The Hall–Kier alpha value is -2.14. The van der Waals surface area contributed by atoms with Crippen LogP contribution in [0, 0.1) is 0 Å². The molecule has 114 valence electrons. The lowest BCUT2D eigenvalue weighted by molar-refractivity contribution is 0.0886. The number of benzene rings is 1. The molecule has 3 heterocycles. The molecule has 5 heteroatoms. The third-order valence-corrected chi connectivity index (χ3v) is 4.61. The van der Waals surface area contributed by atoms with E-state index < -0.39 is 0 Å². The monoisotopic (exact) mass is 297 g/mol. The molecule has 0 saturated carbocycles. The second-order valence-electron chi connectivity index (χ2n) is 6.22. The van der Waals surface area contributed by atoms with E-state index in [2.05, 4.69) is 15.8 Å². The summed E-state index contributed by atoms with van der Waals surface area (Å²) in [6, 6.07) is 12.8. The first-order valence-corrected chi connectivity index (χ1v) is 7.87. The number of hydrogen-bond donors (Lipinski definition) is 2. The molecule has 1 aromatic heterocycles. The highest BCUT2D eigenvalue weighted by atomic mass is 16.5. The molecule has 1 aromatic carbocycles. The van der Waals surface area contributed by atoms with Crippen molar-refractivity contribution in [1.29, 1.82) is 0 Å². The van der Waals surface area contributed by atoms with Gasteiger partial charge in [-0.1, -0.05) is 35.5 Å². The number of piperidine rings is 1. The minimum absolute atomic E-state index is 0.166. The van der Waals surface area contributed by atoms with Gasteiger partial charge in [-0.05, 0) is 25.7 Å². The Morgan fingerprint density at radius 3 is 2.64 bits per heavy atom. The smallest absolute Gasteiger partial charge is 0.290 e. The molecule has 5 nitrogen and oxygen atoms in total. The molecule has 1 amide bonds. The van der Waals surface area contributed by atoms with Gasteiger partial charge >= 0.3 is 0 Å². The third-order valence-electron chi connectivity index (χ3n) is 4.61. The fraction of sp³-hybridized carbons (Fsp3) is 0.412. The minimum Gasteiger partial charge on any atom is -0.350 e. The van der Waals surface area contributed by atoms with Gasteiger partial charge < -0.3 is 15.2 Å². The van der Waals surface area contributed by atoms with E-state index in [1.54, 1.807) is 6.07 Å². The standard InChI is InChI=1S/C17H19N3O2/c21-17(19-14-8-12-6-7-13(9-14)18-12)16-10-15(20-22-16)11-4-2-1-3-5-11/h1-5,10,12-14,18H,6-9H2,(H,19,21). The van der Waals surface area contributed by atoms with Crippen LogP contribution in [0.3, 0.4) is 0 Å². The average molecular weight is 297 g/mol. The molecule has 22 heavy (non-hydrogen) atoms. The molecule has 2 fully saturated rings. The maximum atomic E-state index is 12.3. The van der Waals surface area contributed by atoms with Crippen LogP contribution in [-0.4, -0.2) is 29.2 Å². The van der Waals surface area contributed by atoms with E-state index in [0.717, 1.165) is 18.4 Å². The second-order valence-corrected chi connectivity index (χ2v) is 6.22. The fourth-order valence-corrected chi connectivity index (χ4v) is 3.56. The number of rotatable bonds is 3. The van der Waals surface area contributed by atoms with Crippen molar-refractivity contribution in [3.05, 3.63) is 42.2 Å². The summed E-state index contributed by atoms with van der Waals surface area (Å²) >= 11 is 0. The summed E-state index contributed by atoms with van der Waals surface area (Å²) in [5.74, 6) is 0.116. The van der Waals surface area contributed by atoms with Gasteiger partial charge in [0.1, 0.15) is 5.69 Å². The zero-order chi connectivity index (χ0) is 14.9. The molecule has 0 radical (unpaired) electrons. The van der Waals surface area contributed by atoms with Gasteiger partial charge in [-0.2, -0.15) is 0 Å². The van der Waals surface area contributed by atoms with Crippen molar-refractivity contribution in [2.45, 2.75) is 43.8 Å². The molecule has 2 N–H and O–H groups in total. The van der Waals surface area contributed by atoms with Crippen molar-refractivity contribution in [2.24, 2.45) is 0 Å². The Morgan fingerprint density at radius 1 is 1.18 bits per heavy atom. The second kappa shape index (κ2) is 5.57. The van der Waals surface area contributed by atoms with Crippen LogP contribution in [0.5, 0.6) is 0 Å². The summed E-state index contributed by atoms with van der Waals surface area (Å²) in [6.07, 6.45) is 4.44. The Bertz CT molecular complexity index is 656. The Morgan fingerprint density at radius 2 is 1.91 bits per heavy atom. The van der Waals surface area contributed by atoms with Crippen molar-refractivity contribution in [3.8, 4) is 11.3 Å². The van der Waals surface area contributed by atoms with Crippen molar-refractivity contribution in [3.63, 3.8) is 0 Å². The largest absolute Gasteiger partial charge is 0.350 e. The van der Waals surface area contributed by atoms with Crippen LogP contribution >= 0.6 is 0 Å². The highest BCUT2D eigenvalue weighted by molar-refractivity contribution is 5.92. The Kier molecular flexibility index (Phi) is 3.42. The van der Waals surface area contributed by atoms with Crippen molar-refractivity contribution >= 4 is 5.91 Å². The fourth-order valence-electron chi connectivity index (χ4n) is 3.56. The highest BCUT2D eigenvalue weighted by Crippen LogP contribution is 2.27. The lowest BCUT2D eigenvalue weighted by atomic mass is 10.00. The van der Waals surface area contributed by atoms with Gasteiger partial charge in [-0.15, -0.1) is 0 Å². The first-order chi connectivity index (χ1) is 10.8. The summed E-state index contributed by atoms with van der Waals surface area (Å²) in [6.45, 7) is 0. The van der Waals surface area contributed by atoms with Crippen LogP contribution in [0.25, 0.3) is 11.3 Å². The van der Waals surface area contributed by atoms with Crippen LogP contribution < -0.4 is 10.6 Å². The van der Waals surface area contributed by atoms with Crippen LogP contribution in [0.2, 0.25) is 0 Å². The van der Waals surface area contributed by atoms with Gasteiger partial charge in [0.05, 0.1) is 0 Å². The van der Waals surface area contributed by atoms with Crippen molar-refractivity contribution in [1.82, 2.24) is 15.8 Å². The number of fused-ring (bicyclic) bond motifs is 2. The normalized spacial score (nSPS) is 26.8. The molecule has 2 aliphatic rings. The van der Waals surface area contributed by atoms with Crippen LogP contribution in [0.1, 0.15) is 36.2 Å². The van der Waals surface area contributed by atoms with Gasteiger partial charge in [0.2, 0.25) is 5.76 Å². The quantitative estimate of drug-likeness (QED) is 0.912. The van der Waals surface area contributed by atoms with Gasteiger partial charge in [-0.3, -0.25) is 4.79 Å². The van der Waals surface area contributed by atoms with Gasteiger partial charge in [0, 0.05) is 29.8 Å². The maximum absolute atomic E-state index is 12.3. The van der Waals surface area contributed by atoms with Crippen LogP contribution in [0.4, 0.5) is 0 Å². The predicted octanol–water partition coefficient (Wildman–Crippen LogP) is 2.35. The number of carbonyl (C=O) groups is 1. The first kappa shape index (κ1) is 13.5. The third kappa shape index (κ3) is 2.64. The molecule has 2 atom stereocenters. The van der Waals surface area contributed by atoms with Gasteiger partial charge in [-0.25, -0.2) is 0 Å². The molecule has 2 bridgehead atoms. The number of aromatic nitrogens is 1. The van der Waals surface area contributed by atoms with Crippen LogP contribution in [-0.2, 0) is 0 Å². The topological polar surface area (TPSA) is 67.2 Å². The maximum Gasteiger partial charge on any atom is 0.290 e. The predicted molar refractivity (Wildman–Crippen MR) is 82.4 cm³/mol. The summed E-state index contributed by atoms with van der Waals surface area (Å²) in [5.41, 5.74) is 1.64. The summed E-state index contributed by atoms with van der Waals surface area (Å²) < 4.78 is 5.21. The number of hydrogen-bond acceptors (Lipinski definition) is 4. The molecular weight excluding hydrogens is 278 g/mol. The molecule has 0 aliphatic carbocycles. The summed E-state index contributed by atoms with van der Waals surface area (Å²) in [5, 5.41) is 10.7. The molecule has 2 unspecified atom stereocenters. The van der Waals surface area contributed by atoms with E-state index >= 15 is 0 Å². The SMILES string of the molecule is O=C(NC1CC2CCC(C1)N2)c1cc(-c2ccccc2)no1. The van der Waals surface area contributed by atoms with E-state index in [9.17, 15) is 4.79 Å². The number of carbonyl (C=O) groups excluding carboxylic acids is 1. The molecule has 0 spiro atoms. The number of nitrogens with zero attached hydrogens (tertiary/aromatic N) is 1. The number of nitrogens with one attached hydrogen (secondary N) is 2. The van der Waals surface area contributed by atoms with E-state index in [1.807, 2.05) is 30.3 Å². The zero-order valence-corrected chi connectivity index (χ0v) is 12.3. The van der Waals surface area contributed by atoms with Gasteiger partial charge in [0.25, 0.3) is 5.91 Å². The highest BCUT2D eigenvalue weighted by Gasteiger charge is 2.34. The van der Waals surface area contributed by atoms with E-state index in [4.69, 9.17) is 4.52 Å². The van der Waals surface area contributed by atoms with E-state index in [1.165, 1.54) is 12.8 Å². The molecule has 2 aliphatic heterocycles. The Labute approximate surface area is 129 Å². The lowest BCUT2D eigenvalue weighted by Gasteiger charge is -2.29. The molecular formula is C17H19N3O2. The Balaban J connectivity index is 1.44. The molecule has 2 aromatic rings. The van der Waals surface area contributed by atoms with E-state index in [0.29, 0.717) is 17.8 Å². The van der Waals surface area contributed by atoms with Crippen molar-refractivity contribution < 1.29 is 9.32 Å². The average Bonchev–Trinajstić information content (AvgIpc) is 3.15. The summed E-state index contributed by atoms with van der Waals surface area (Å²) in [7, 11) is 0. The summed E-state index contributed by atoms with van der Waals surface area (Å²) in [4.78, 5) is 12.3. The lowest BCUT2D eigenvalue weighted by Crippen LogP contribution is -2.47. The number of amides is 1. The molecule has 4 rings (SSSR count). The van der Waals surface area contributed by atoms with Crippen LogP contribution in [0.15, 0.2) is 40.9 Å².